The van der Waals surface area contributed by atoms with Crippen molar-refractivity contribution >= 4 is 38.3 Å². The molecule has 2 rings (SSSR count). The van der Waals surface area contributed by atoms with Gasteiger partial charge in [-0.3, -0.25) is 10.1 Å². The van der Waals surface area contributed by atoms with E-state index in [0.29, 0.717) is 9.60 Å². The Bertz CT molecular complexity index is 523. The van der Waals surface area contributed by atoms with Gasteiger partial charge < -0.3 is 4.42 Å². The van der Waals surface area contributed by atoms with Crippen molar-refractivity contribution in [1.29, 1.82) is 0 Å². The lowest BCUT2D eigenvalue weighted by atomic mass is 10.4. The fraction of sp³-hybridized carbons (Fsp3) is 0.300. The van der Waals surface area contributed by atoms with E-state index in [9.17, 15) is 4.79 Å². The Balaban J connectivity index is 2.05. The molecule has 2 aromatic rings. The summed E-state index contributed by atoms with van der Waals surface area (Å²) in [7, 11) is 0. The molecule has 1 N–H and O–H groups in total. The van der Waals surface area contributed by atoms with Crippen LogP contribution in [0.15, 0.2) is 21.2 Å². The van der Waals surface area contributed by atoms with E-state index in [0.717, 1.165) is 17.8 Å². The van der Waals surface area contributed by atoms with Crippen LogP contribution in [0.25, 0.3) is 0 Å². The zero-order valence-corrected chi connectivity index (χ0v) is 11.5. The Kier molecular flexibility index (Phi) is 3.90. The Morgan fingerprint density at radius 1 is 1.59 bits per heavy atom. The summed E-state index contributed by atoms with van der Waals surface area (Å²) in [6, 6.07) is 1.66. The normalized spacial score (nSPS) is 10.5. The number of nitrogens with one attached hydrogen (secondary N) is 1. The molecule has 2 heterocycles. The van der Waals surface area contributed by atoms with E-state index in [2.05, 4.69) is 38.4 Å². The molecule has 0 saturated heterocycles. The molecule has 1 amide bonds. The van der Waals surface area contributed by atoms with Gasteiger partial charge in [0, 0.05) is 6.42 Å². The first-order valence-electron chi connectivity index (χ1n) is 5.07. The molecule has 0 fully saturated rings. The molecule has 0 aliphatic carbocycles. The number of carbonyl (C=O) groups excluding carboxylic acids is 1. The summed E-state index contributed by atoms with van der Waals surface area (Å²) in [6.07, 6.45) is 3.33. The summed E-state index contributed by atoms with van der Waals surface area (Å²) in [6.45, 7) is 2.07. The van der Waals surface area contributed by atoms with Gasteiger partial charge in [0.15, 0.2) is 0 Å². The molecule has 0 aromatic carbocycles. The van der Waals surface area contributed by atoms with Crippen molar-refractivity contribution in [3.05, 3.63) is 27.6 Å². The van der Waals surface area contributed by atoms with Crippen molar-refractivity contribution in [2.45, 2.75) is 19.8 Å². The number of hydrogen-bond donors (Lipinski definition) is 1. The van der Waals surface area contributed by atoms with Crippen LogP contribution in [0.2, 0.25) is 0 Å². The van der Waals surface area contributed by atoms with Gasteiger partial charge in [-0.15, -0.1) is 10.2 Å². The van der Waals surface area contributed by atoms with Gasteiger partial charge in [-0.1, -0.05) is 18.3 Å². The molecule has 0 aliphatic heterocycles. The third-order valence-corrected chi connectivity index (χ3v) is 3.50. The standard InChI is InChI=1S/C10H10BrN3O2S/c1-2-3-7-13-14-10(17-7)12-9(15)8-6(11)4-5-16-8/h4-5H,2-3H2,1H3,(H,12,14,15). The van der Waals surface area contributed by atoms with Gasteiger partial charge in [-0.05, 0) is 28.4 Å². The smallest absolute Gasteiger partial charge is 0.294 e. The molecule has 2 aromatic heterocycles. The van der Waals surface area contributed by atoms with Crippen molar-refractivity contribution in [2.24, 2.45) is 0 Å². The van der Waals surface area contributed by atoms with Crippen molar-refractivity contribution in [2.75, 3.05) is 5.32 Å². The molecule has 17 heavy (non-hydrogen) atoms. The summed E-state index contributed by atoms with van der Waals surface area (Å²) < 4.78 is 5.67. The number of amides is 1. The third-order valence-electron chi connectivity index (χ3n) is 1.97. The van der Waals surface area contributed by atoms with Crippen LogP contribution in [0.5, 0.6) is 0 Å². The summed E-state index contributed by atoms with van der Waals surface area (Å²) >= 11 is 4.60. The maximum absolute atomic E-state index is 11.8. The second-order valence-corrected chi connectivity index (χ2v) is 5.22. The minimum absolute atomic E-state index is 0.234. The average Bonchev–Trinajstić information content (AvgIpc) is 2.88. The van der Waals surface area contributed by atoms with Gasteiger partial charge in [0.1, 0.15) is 5.01 Å². The fourth-order valence-corrected chi connectivity index (χ4v) is 2.45. The molecular weight excluding hydrogens is 306 g/mol. The van der Waals surface area contributed by atoms with Crippen LogP contribution < -0.4 is 5.32 Å². The second kappa shape index (κ2) is 5.42. The van der Waals surface area contributed by atoms with Crippen molar-refractivity contribution < 1.29 is 9.21 Å². The number of halogens is 1. The molecule has 5 nitrogen and oxygen atoms in total. The summed E-state index contributed by atoms with van der Waals surface area (Å²) in [5.74, 6) is -0.0988. The molecular formula is C10H10BrN3O2S. The number of aromatic nitrogens is 2. The zero-order valence-electron chi connectivity index (χ0n) is 9.07. The molecule has 0 atom stereocenters. The summed E-state index contributed by atoms with van der Waals surface area (Å²) in [5, 5.41) is 11.9. The topological polar surface area (TPSA) is 68.0 Å². The Morgan fingerprint density at radius 2 is 2.41 bits per heavy atom. The lowest BCUT2D eigenvalue weighted by Crippen LogP contribution is -2.11. The molecule has 0 saturated carbocycles. The second-order valence-electron chi connectivity index (χ2n) is 3.30. The summed E-state index contributed by atoms with van der Waals surface area (Å²) in [4.78, 5) is 11.8. The highest BCUT2D eigenvalue weighted by atomic mass is 79.9. The highest BCUT2D eigenvalue weighted by molar-refractivity contribution is 9.10. The largest absolute Gasteiger partial charge is 0.458 e. The Morgan fingerprint density at radius 3 is 3.06 bits per heavy atom. The highest BCUT2D eigenvalue weighted by Crippen LogP contribution is 2.21. The van der Waals surface area contributed by atoms with Gasteiger partial charge in [0.05, 0.1) is 10.7 Å². The summed E-state index contributed by atoms with van der Waals surface area (Å²) in [5.41, 5.74) is 0. The van der Waals surface area contributed by atoms with E-state index in [-0.39, 0.29) is 11.7 Å². The molecule has 0 spiro atoms. The van der Waals surface area contributed by atoms with E-state index in [1.54, 1.807) is 6.07 Å². The number of carbonyl (C=O) groups is 1. The minimum Gasteiger partial charge on any atom is -0.458 e. The van der Waals surface area contributed by atoms with Crippen LogP contribution in [0.1, 0.15) is 28.9 Å². The van der Waals surface area contributed by atoms with Gasteiger partial charge in [-0.25, -0.2) is 0 Å². The average molecular weight is 316 g/mol. The maximum Gasteiger partial charge on any atom is 0.294 e. The number of nitrogens with zero attached hydrogens (tertiary/aromatic N) is 2. The first kappa shape index (κ1) is 12.3. The van der Waals surface area contributed by atoms with E-state index in [4.69, 9.17) is 4.42 Å². The van der Waals surface area contributed by atoms with Crippen LogP contribution in [0.3, 0.4) is 0 Å². The Hall–Kier alpha value is -1.21. The van der Waals surface area contributed by atoms with Gasteiger partial charge in [0.2, 0.25) is 10.9 Å². The van der Waals surface area contributed by atoms with E-state index >= 15 is 0 Å². The Labute approximate surface area is 110 Å². The van der Waals surface area contributed by atoms with Crippen LogP contribution in [-0.4, -0.2) is 16.1 Å². The quantitative estimate of drug-likeness (QED) is 0.941. The molecule has 0 bridgehead atoms. The number of rotatable bonds is 4. The third kappa shape index (κ3) is 2.92. The SMILES string of the molecule is CCCc1nnc(NC(=O)c2occc2Br)s1. The number of hydrogen-bond acceptors (Lipinski definition) is 5. The van der Waals surface area contributed by atoms with E-state index in [1.807, 2.05) is 0 Å². The molecule has 0 unspecified atom stereocenters. The number of aryl methyl sites for hydroxylation is 1. The molecule has 90 valence electrons. The van der Waals surface area contributed by atoms with Crippen LogP contribution in [-0.2, 0) is 6.42 Å². The molecule has 7 heteroatoms. The molecule has 0 aliphatic rings. The first-order chi connectivity index (χ1) is 8.20. The first-order valence-corrected chi connectivity index (χ1v) is 6.68. The highest BCUT2D eigenvalue weighted by Gasteiger charge is 2.15. The van der Waals surface area contributed by atoms with Crippen molar-refractivity contribution in [1.82, 2.24) is 10.2 Å². The van der Waals surface area contributed by atoms with Gasteiger partial charge in [-0.2, -0.15) is 0 Å². The van der Waals surface area contributed by atoms with Crippen LogP contribution in [0.4, 0.5) is 5.13 Å². The predicted octanol–water partition coefficient (Wildman–Crippen LogP) is 3.10. The van der Waals surface area contributed by atoms with E-state index < -0.39 is 0 Å². The van der Waals surface area contributed by atoms with Crippen LogP contribution >= 0.6 is 27.3 Å². The predicted molar refractivity (Wildman–Crippen MR) is 68.3 cm³/mol. The van der Waals surface area contributed by atoms with Crippen molar-refractivity contribution in [3.8, 4) is 0 Å². The van der Waals surface area contributed by atoms with Gasteiger partial charge >= 0.3 is 0 Å². The minimum atomic E-state index is -0.332. The number of furan rings is 1. The zero-order chi connectivity index (χ0) is 12.3. The lowest BCUT2D eigenvalue weighted by molar-refractivity contribution is 0.0995. The van der Waals surface area contributed by atoms with E-state index in [1.165, 1.54) is 17.6 Å². The lowest BCUT2D eigenvalue weighted by Gasteiger charge is -1.97. The van der Waals surface area contributed by atoms with Gasteiger partial charge in [0.25, 0.3) is 5.91 Å². The maximum atomic E-state index is 11.8. The van der Waals surface area contributed by atoms with Crippen LogP contribution in [0, 0.1) is 0 Å². The molecule has 0 radical (unpaired) electrons. The number of anilines is 1. The monoisotopic (exact) mass is 315 g/mol. The van der Waals surface area contributed by atoms with Crippen molar-refractivity contribution in [3.63, 3.8) is 0 Å². The fourth-order valence-electron chi connectivity index (χ4n) is 1.23.